The molecular formula is C12H27N3. The molecule has 1 saturated heterocycles. The smallest absolute Gasteiger partial charge is 0.0107 e. The molecule has 0 amide bonds. The van der Waals surface area contributed by atoms with Crippen molar-refractivity contribution < 1.29 is 0 Å². The number of likely N-dealkylation sites (tertiary alicyclic amines) is 1. The van der Waals surface area contributed by atoms with Gasteiger partial charge in [-0.1, -0.05) is 6.92 Å². The van der Waals surface area contributed by atoms with Gasteiger partial charge in [-0.15, -0.1) is 0 Å². The van der Waals surface area contributed by atoms with Gasteiger partial charge < -0.3 is 15.5 Å². The van der Waals surface area contributed by atoms with E-state index in [9.17, 15) is 0 Å². The third-order valence-corrected chi connectivity index (χ3v) is 3.81. The monoisotopic (exact) mass is 213 g/mol. The van der Waals surface area contributed by atoms with Gasteiger partial charge in [-0.2, -0.15) is 0 Å². The van der Waals surface area contributed by atoms with Crippen LogP contribution in [0, 0.1) is 5.92 Å². The van der Waals surface area contributed by atoms with Gasteiger partial charge in [0, 0.05) is 12.1 Å². The quantitative estimate of drug-likeness (QED) is 0.756. The Bertz CT molecular complexity index is 182. The summed E-state index contributed by atoms with van der Waals surface area (Å²) in [6.07, 6.45) is 2.42. The molecule has 90 valence electrons. The maximum atomic E-state index is 6.07. The largest absolute Gasteiger partial charge is 0.327 e. The van der Waals surface area contributed by atoms with E-state index in [1.807, 2.05) is 0 Å². The van der Waals surface area contributed by atoms with E-state index < -0.39 is 0 Å². The van der Waals surface area contributed by atoms with Gasteiger partial charge in [0.25, 0.3) is 0 Å². The van der Waals surface area contributed by atoms with Gasteiger partial charge in [-0.05, 0) is 59.4 Å². The first kappa shape index (κ1) is 12.9. The van der Waals surface area contributed by atoms with E-state index >= 15 is 0 Å². The highest BCUT2D eigenvalue weighted by Gasteiger charge is 2.29. The van der Waals surface area contributed by atoms with E-state index in [-0.39, 0.29) is 0 Å². The molecule has 0 aliphatic carbocycles. The maximum absolute atomic E-state index is 6.07. The predicted molar refractivity (Wildman–Crippen MR) is 66.0 cm³/mol. The first-order valence-corrected chi connectivity index (χ1v) is 6.16. The van der Waals surface area contributed by atoms with Gasteiger partial charge in [-0.25, -0.2) is 0 Å². The second-order valence-electron chi connectivity index (χ2n) is 5.25. The van der Waals surface area contributed by atoms with E-state index in [4.69, 9.17) is 5.73 Å². The van der Waals surface area contributed by atoms with Crippen LogP contribution in [0.15, 0.2) is 0 Å². The zero-order valence-corrected chi connectivity index (χ0v) is 10.7. The highest BCUT2D eigenvalue weighted by atomic mass is 15.2. The van der Waals surface area contributed by atoms with Crippen LogP contribution in [-0.4, -0.2) is 55.6 Å². The maximum Gasteiger partial charge on any atom is 0.0107 e. The summed E-state index contributed by atoms with van der Waals surface area (Å²) in [6, 6.07) is 1.06. The van der Waals surface area contributed by atoms with Crippen molar-refractivity contribution in [1.29, 1.82) is 0 Å². The fraction of sp³-hybridized carbons (Fsp3) is 1.00. The highest BCUT2D eigenvalue weighted by Crippen LogP contribution is 2.22. The van der Waals surface area contributed by atoms with E-state index in [1.165, 1.54) is 26.1 Å². The van der Waals surface area contributed by atoms with E-state index in [0.29, 0.717) is 18.0 Å². The van der Waals surface area contributed by atoms with Crippen LogP contribution < -0.4 is 5.73 Å². The molecule has 3 heteroatoms. The molecule has 0 bridgehead atoms. The Kier molecular flexibility index (Phi) is 5.03. The standard InChI is InChI=1S/C12H27N3/c1-10-11(2)15(9-6-12(10)13)8-5-7-14(3)4/h10-12H,5-9,13H2,1-4H3. The van der Waals surface area contributed by atoms with Crippen LogP contribution in [0.4, 0.5) is 0 Å². The molecule has 3 unspecified atom stereocenters. The minimum absolute atomic E-state index is 0.407. The molecular weight excluding hydrogens is 186 g/mol. The van der Waals surface area contributed by atoms with Crippen LogP contribution in [0.3, 0.4) is 0 Å². The van der Waals surface area contributed by atoms with Gasteiger partial charge in [0.15, 0.2) is 0 Å². The van der Waals surface area contributed by atoms with Crippen LogP contribution in [0.5, 0.6) is 0 Å². The van der Waals surface area contributed by atoms with Crippen LogP contribution in [0.25, 0.3) is 0 Å². The van der Waals surface area contributed by atoms with E-state index in [2.05, 4.69) is 37.7 Å². The Hall–Kier alpha value is -0.120. The van der Waals surface area contributed by atoms with Crippen molar-refractivity contribution in [3.8, 4) is 0 Å². The van der Waals surface area contributed by atoms with Crippen molar-refractivity contribution in [3.63, 3.8) is 0 Å². The summed E-state index contributed by atoms with van der Waals surface area (Å²) in [6.45, 7) is 8.19. The second kappa shape index (κ2) is 5.83. The summed E-state index contributed by atoms with van der Waals surface area (Å²) in [4.78, 5) is 4.85. The number of hydrogen-bond donors (Lipinski definition) is 1. The lowest BCUT2D eigenvalue weighted by Gasteiger charge is -2.41. The Morgan fingerprint density at radius 3 is 2.60 bits per heavy atom. The molecule has 0 aromatic rings. The van der Waals surface area contributed by atoms with Crippen LogP contribution in [-0.2, 0) is 0 Å². The summed E-state index contributed by atoms with van der Waals surface area (Å²) < 4.78 is 0. The van der Waals surface area contributed by atoms with E-state index in [0.717, 1.165) is 6.42 Å². The molecule has 0 aromatic heterocycles. The van der Waals surface area contributed by atoms with Crippen molar-refractivity contribution in [2.45, 2.75) is 38.8 Å². The predicted octanol–water partition coefficient (Wildman–Crippen LogP) is 0.996. The molecule has 1 rings (SSSR count). The summed E-state index contributed by atoms with van der Waals surface area (Å²) >= 11 is 0. The van der Waals surface area contributed by atoms with Crippen molar-refractivity contribution in [1.82, 2.24) is 9.80 Å². The van der Waals surface area contributed by atoms with Gasteiger partial charge in [0.05, 0.1) is 0 Å². The first-order chi connectivity index (χ1) is 7.02. The number of piperidine rings is 1. The van der Waals surface area contributed by atoms with Crippen molar-refractivity contribution >= 4 is 0 Å². The zero-order valence-electron chi connectivity index (χ0n) is 10.7. The number of nitrogens with two attached hydrogens (primary N) is 1. The average molecular weight is 213 g/mol. The van der Waals surface area contributed by atoms with Gasteiger partial charge in [0.1, 0.15) is 0 Å². The van der Waals surface area contributed by atoms with Crippen LogP contribution >= 0.6 is 0 Å². The lowest BCUT2D eigenvalue weighted by atomic mass is 9.87. The summed E-state index contributed by atoms with van der Waals surface area (Å²) in [7, 11) is 4.27. The number of rotatable bonds is 4. The van der Waals surface area contributed by atoms with Crippen LogP contribution in [0.1, 0.15) is 26.7 Å². The van der Waals surface area contributed by atoms with Gasteiger partial charge in [-0.3, -0.25) is 0 Å². The molecule has 0 saturated carbocycles. The summed E-state index contributed by atoms with van der Waals surface area (Å²) in [5.41, 5.74) is 6.07. The lowest BCUT2D eigenvalue weighted by molar-refractivity contribution is 0.0945. The van der Waals surface area contributed by atoms with Crippen LogP contribution in [0.2, 0.25) is 0 Å². The molecule has 0 radical (unpaired) electrons. The molecule has 1 heterocycles. The topological polar surface area (TPSA) is 32.5 Å². The lowest BCUT2D eigenvalue weighted by Crippen LogP contribution is -2.52. The molecule has 1 aliphatic heterocycles. The number of hydrogen-bond acceptors (Lipinski definition) is 3. The number of nitrogens with zero attached hydrogens (tertiary/aromatic N) is 2. The highest BCUT2D eigenvalue weighted by molar-refractivity contribution is 4.86. The molecule has 1 aliphatic rings. The van der Waals surface area contributed by atoms with Gasteiger partial charge in [0.2, 0.25) is 0 Å². The fourth-order valence-corrected chi connectivity index (χ4v) is 2.38. The van der Waals surface area contributed by atoms with Crippen molar-refractivity contribution in [2.75, 3.05) is 33.7 Å². The second-order valence-corrected chi connectivity index (χ2v) is 5.25. The fourth-order valence-electron chi connectivity index (χ4n) is 2.38. The third-order valence-electron chi connectivity index (χ3n) is 3.81. The average Bonchev–Trinajstić information content (AvgIpc) is 2.18. The SMILES string of the molecule is CC1C(N)CCN(CCCN(C)C)C1C. The molecule has 15 heavy (non-hydrogen) atoms. The zero-order chi connectivity index (χ0) is 11.4. The van der Waals surface area contributed by atoms with E-state index in [1.54, 1.807) is 0 Å². The summed E-state index contributed by atoms with van der Waals surface area (Å²) in [5, 5.41) is 0. The van der Waals surface area contributed by atoms with Crippen molar-refractivity contribution in [2.24, 2.45) is 11.7 Å². The molecule has 0 aromatic carbocycles. The Morgan fingerprint density at radius 1 is 1.33 bits per heavy atom. The molecule has 3 nitrogen and oxygen atoms in total. The third kappa shape index (κ3) is 3.74. The molecule has 0 spiro atoms. The minimum atomic E-state index is 0.407. The minimum Gasteiger partial charge on any atom is -0.327 e. The Labute approximate surface area is 94.6 Å². The molecule has 1 fully saturated rings. The van der Waals surface area contributed by atoms with Crippen molar-refractivity contribution in [3.05, 3.63) is 0 Å². The first-order valence-electron chi connectivity index (χ1n) is 6.16. The summed E-state index contributed by atoms with van der Waals surface area (Å²) in [5.74, 6) is 0.637. The molecule has 3 atom stereocenters. The Morgan fingerprint density at radius 2 is 2.00 bits per heavy atom. The van der Waals surface area contributed by atoms with Gasteiger partial charge >= 0.3 is 0 Å². The normalized spacial score (nSPS) is 33.6. The molecule has 2 N–H and O–H groups in total. The Balaban J connectivity index is 2.30.